The summed E-state index contributed by atoms with van der Waals surface area (Å²) in [7, 11) is 0. The number of nitrogens with zero attached hydrogens (tertiary/aromatic N) is 1. The van der Waals surface area contributed by atoms with E-state index in [4.69, 9.17) is 4.42 Å². The molecule has 0 N–H and O–H groups in total. The molecule has 0 spiro atoms. The molecule has 2 aromatic heterocycles. The third kappa shape index (κ3) is 1.22. The Morgan fingerprint density at radius 1 is 1.38 bits per heavy atom. The third-order valence-corrected chi connectivity index (χ3v) is 2.24. The maximum atomic E-state index is 5.40. The van der Waals surface area contributed by atoms with E-state index >= 15 is 0 Å². The van der Waals surface area contributed by atoms with Gasteiger partial charge in [-0.05, 0) is 18.9 Å². The van der Waals surface area contributed by atoms with E-state index in [0.29, 0.717) is 5.92 Å². The largest absolute Gasteiger partial charge is 0.464 e. The summed E-state index contributed by atoms with van der Waals surface area (Å²) in [4.78, 5) is 4.42. The highest BCUT2D eigenvalue weighted by molar-refractivity contribution is 5.82. The molecule has 0 unspecified atom stereocenters. The molecule has 0 radical (unpaired) electrons. The van der Waals surface area contributed by atoms with Crippen molar-refractivity contribution in [1.29, 1.82) is 0 Å². The Kier molecular flexibility index (Phi) is 1.83. The minimum Gasteiger partial charge on any atom is -0.464 e. The van der Waals surface area contributed by atoms with Gasteiger partial charge in [0.15, 0.2) is 0 Å². The molecule has 2 heteroatoms. The average molecular weight is 175 g/mol. The normalized spacial score (nSPS) is 11.4. The Morgan fingerprint density at radius 2 is 2.15 bits per heavy atom. The SMILES string of the molecule is Cc1cnc(C(C)C)c2ccoc12. The van der Waals surface area contributed by atoms with Gasteiger partial charge in [-0.1, -0.05) is 13.8 Å². The molecule has 0 aliphatic carbocycles. The van der Waals surface area contributed by atoms with Crippen molar-refractivity contribution in [3.05, 3.63) is 29.8 Å². The van der Waals surface area contributed by atoms with Gasteiger partial charge in [0.05, 0.1) is 12.0 Å². The van der Waals surface area contributed by atoms with E-state index in [1.54, 1.807) is 6.26 Å². The number of rotatable bonds is 1. The number of hydrogen-bond donors (Lipinski definition) is 0. The fourth-order valence-corrected chi connectivity index (χ4v) is 1.57. The van der Waals surface area contributed by atoms with E-state index in [-0.39, 0.29) is 0 Å². The predicted octanol–water partition coefficient (Wildman–Crippen LogP) is 3.26. The summed E-state index contributed by atoms with van der Waals surface area (Å²) < 4.78 is 5.40. The summed E-state index contributed by atoms with van der Waals surface area (Å²) in [6, 6.07) is 1.99. The van der Waals surface area contributed by atoms with Crippen molar-refractivity contribution in [2.24, 2.45) is 0 Å². The molecule has 68 valence electrons. The summed E-state index contributed by atoms with van der Waals surface area (Å²) in [5.74, 6) is 0.445. The second-order valence-electron chi connectivity index (χ2n) is 3.64. The fourth-order valence-electron chi connectivity index (χ4n) is 1.57. The zero-order valence-electron chi connectivity index (χ0n) is 8.16. The molecule has 0 saturated heterocycles. The predicted molar refractivity (Wildman–Crippen MR) is 52.8 cm³/mol. The molecule has 0 aromatic carbocycles. The molecule has 0 aliphatic rings. The van der Waals surface area contributed by atoms with E-state index in [0.717, 1.165) is 22.2 Å². The zero-order valence-corrected chi connectivity index (χ0v) is 8.16. The molecule has 0 aliphatic heterocycles. The monoisotopic (exact) mass is 175 g/mol. The van der Waals surface area contributed by atoms with Crippen LogP contribution in [0.2, 0.25) is 0 Å². The highest BCUT2D eigenvalue weighted by Gasteiger charge is 2.10. The first-order valence-corrected chi connectivity index (χ1v) is 4.53. The quantitative estimate of drug-likeness (QED) is 0.664. The summed E-state index contributed by atoms with van der Waals surface area (Å²) in [6.45, 7) is 6.30. The van der Waals surface area contributed by atoms with Gasteiger partial charge in [0.2, 0.25) is 0 Å². The summed E-state index contributed by atoms with van der Waals surface area (Å²) >= 11 is 0. The van der Waals surface area contributed by atoms with Gasteiger partial charge in [-0.2, -0.15) is 0 Å². The first-order chi connectivity index (χ1) is 6.20. The van der Waals surface area contributed by atoms with Crippen molar-refractivity contribution < 1.29 is 4.42 Å². The van der Waals surface area contributed by atoms with Gasteiger partial charge in [0.25, 0.3) is 0 Å². The van der Waals surface area contributed by atoms with Crippen LogP contribution in [-0.4, -0.2) is 4.98 Å². The van der Waals surface area contributed by atoms with Crippen molar-refractivity contribution in [2.45, 2.75) is 26.7 Å². The van der Waals surface area contributed by atoms with Gasteiger partial charge in [0.1, 0.15) is 5.58 Å². The van der Waals surface area contributed by atoms with Crippen molar-refractivity contribution in [3.63, 3.8) is 0 Å². The Balaban J connectivity index is 2.78. The number of aryl methyl sites for hydroxylation is 1. The molecule has 0 atom stereocenters. The topological polar surface area (TPSA) is 26.0 Å². The van der Waals surface area contributed by atoms with E-state index in [1.165, 1.54) is 0 Å². The van der Waals surface area contributed by atoms with Gasteiger partial charge in [-0.15, -0.1) is 0 Å². The van der Waals surface area contributed by atoms with E-state index in [9.17, 15) is 0 Å². The molecule has 13 heavy (non-hydrogen) atoms. The molecule has 0 saturated carbocycles. The van der Waals surface area contributed by atoms with Crippen LogP contribution < -0.4 is 0 Å². The lowest BCUT2D eigenvalue weighted by atomic mass is 10.1. The van der Waals surface area contributed by atoms with Crippen LogP contribution in [0, 0.1) is 6.92 Å². The Hall–Kier alpha value is -1.31. The van der Waals surface area contributed by atoms with E-state index < -0.39 is 0 Å². The molecule has 2 aromatic rings. The number of hydrogen-bond acceptors (Lipinski definition) is 2. The van der Waals surface area contributed by atoms with Gasteiger partial charge in [-0.3, -0.25) is 4.98 Å². The molecule has 0 amide bonds. The lowest BCUT2D eigenvalue weighted by Gasteiger charge is -2.05. The van der Waals surface area contributed by atoms with Gasteiger partial charge < -0.3 is 4.42 Å². The summed E-state index contributed by atoms with van der Waals surface area (Å²) in [5.41, 5.74) is 3.19. The summed E-state index contributed by atoms with van der Waals surface area (Å²) in [6.07, 6.45) is 3.60. The van der Waals surface area contributed by atoms with Crippen molar-refractivity contribution in [1.82, 2.24) is 4.98 Å². The molecule has 2 nitrogen and oxygen atoms in total. The van der Waals surface area contributed by atoms with Gasteiger partial charge in [-0.25, -0.2) is 0 Å². The number of aromatic nitrogens is 1. The third-order valence-electron chi connectivity index (χ3n) is 2.24. The molecule has 2 heterocycles. The van der Waals surface area contributed by atoms with Crippen LogP contribution in [0.25, 0.3) is 11.0 Å². The Morgan fingerprint density at radius 3 is 2.85 bits per heavy atom. The molecule has 0 fully saturated rings. The highest BCUT2D eigenvalue weighted by atomic mass is 16.3. The van der Waals surface area contributed by atoms with Gasteiger partial charge >= 0.3 is 0 Å². The van der Waals surface area contributed by atoms with Crippen LogP contribution >= 0.6 is 0 Å². The second-order valence-corrected chi connectivity index (χ2v) is 3.64. The Bertz CT molecular complexity index is 429. The summed E-state index contributed by atoms with van der Waals surface area (Å²) in [5, 5.41) is 1.15. The van der Waals surface area contributed by atoms with E-state index in [1.807, 2.05) is 19.2 Å². The average Bonchev–Trinajstić information content (AvgIpc) is 2.53. The lowest BCUT2D eigenvalue weighted by molar-refractivity contribution is 0.612. The minimum atomic E-state index is 0.445. The van der Waals surface area contributed by atoms with Gasteiger partial charge in [0, 0.05) is 17.1 Å². The maximum absolute atomic E-state index is 5.40. The van der Waals surface area contributed by atoms with E-state index in [2.05, 4.69) is 18.8 Å². The number of fused-ring (bicyclic) bond motifs is 1. The molecular formula is C11H13NO. The highest BCUT2D eigenvalue weighted by Crippen LogP contribution is 2.26. The van der Waals surface area contributed by atoms with Crippen LogP contribution in [0.1, 0.15) is 31.0 Å². The molecule has 0 bridgehead atoms. The first-order valence-electron chi connectivity index (χ1n) is 4.53. The van der Waals surface area contributed by atoms with Crippen molar-refractivity contribution >= 4 is 11.0 Å². The maximum Gasteiger partial charge on any atom is 0.140 e. The zero-order chi connectivity index (χ0) is 9.42. The van der Waals surface area contributed by atoms with Crippen LogP contribution in [0.15, 0.2) is 22.9 Å². The van der Waals surface area contributed by atoms with Crippen molar-refractivity contribution in [3.8, 4) is 0 Å². The second kappa shape index (κ2) is 2.87. The minimum absolute atomic E-state index is 0.445. The fraction of sp³-hybridized carbons (Fsp3) is 0.364. The first kappa shape index (κ1) is 8.30. The van der Waals surface area contributed by atoms with Crippen LogP contribution in [0.4, 0.5) is 0 Å². The van der Waals surface area contributed by atoms with Crippen LogP contribution in [0.5, 0.6) is 0 Å². The smallest absolute Gasteiger partial charge is 0.140 e. The standard InChI is InChI=1S/C11H13NO/c1-7(2)10-9-4-5-13-11(9)8(3)6-12-10/h4-7H,1-3H3. The number of pyridine rings is 1. The Labute approximate surface area is 77.6 Å². The van der Waals surface area contributed by atoms with Crippen molar-refractivity contribution in [2.75, 3.05) is 0 Å². The molecular weight excluding hydrogens is 162 g/mol. The van der Waals surface area contributed by atoms with Crippen LogP contribution in [-0.2, 0) is 0 Å². The number of furan rings is 1. The lowest BCUT2D eigenvalue weighted by Crippen LogP contribution is -1.93. The van der Waals surface area contributed by atoms with Crippen LogP contribution in [0.3, 0.4) is 0 Å². The molecule has 2 rings (SSSR count).